The molecule has 1 atom stereocenters. The highest BCUT2D eigenvalue weighted by molar-refractivity contribution is 7.85. The molecule has 0 radical (unpaired) electrons. The molecule has 6 nitrogen and oxygen atoms in total. The van der Waals surface area contributed by atoms with Gasteiger partial charge in [-0.15, -0.1) is 0 Å². The molecule has 0 aliphatic carbocycles. The Hall–Kier alpha value is -1.70. The highest BCUT2D eigenvalue weighted by atomic mass is 32.2. The van der Waals surface area contributed by atoms with Crippen LogP contribution >= 0.6 is 0 Å². The molecule has 2 heterocycles. The monoisotopic (exact) mass is 322 g/mol. The number of rotatable bonds is 5. The standard InChI is InChI=1S/C15H18N2O4S/c18-22(19,20)10-1-3-15-14-5-4-13(17-8-2-7-16-17)11-12(14)6-9-21-15/h2,4-5,7-8,11,15H,1,3,6,9-10H2,(H,18,19,20)/t15-/m0/s1. The van der Waals surface area contributed by atoms with E-state index < -0.39 is 10.1 Å². The quantitative estimate of drug-likeness (QED) is 0.853. The van der Waals surface area contributed by atoms with E-state index in [0.717, 1.165) is 17.7 Å². The summed E-state index contributed by atoms with van der Waals surface area (Å²) >= 11 is 0. The Morgan fingerprint density at radius 3 is 3.00 bits per heavy atom. The van der Waals surface area contributed by atoms with E-state index in [4.69, 9.17) is 9.29 Å². The zero-order valence-corrected chi connectivity index (χ0v) is 12.9. The first-order valence-electron chi connectivity index (χ1n) is 7.22. The van der Waals surface area contributed by atoms with E-state index in [1.807, 2.05) is 29.1 Å². The molecule has 22 heavy (non-hydrogen) atoms. The van der Waals surface area contributed by atoms with Crippen molar-refractivity contribution in [1.29, 1.82) is 0 Å². The molecule has 0 amide bonds. The number of aromatic nitrogens is 2. The van der Waals surface area contributed by atoms with E-state index in [-0.39, 0.29) is 11.9 Å². The molecule has 0 saturated heterocycles. The second kappa shape index (κ2) is 6.20. The summed E-state index contributed by atoms with van der Waals surface area (Å²) in [5.74, 6) is -0.229. The fraction of sp³-hybridized carbons (Fsp3) is 0.400. The summed E-state index contributed by atoms with van der Waals surface area (Å²) in [5.41, 5.74) is 3.30. The fourth-order valence-corrected chi connectivity index (χ4v) is 3.31. The summed E-state index contributed by atoms with van der Waals surface area (Å²) in [4.78, 5) is 0. The van der Waals surface area contributed by atoms with Crippen molar-refractivity contribution < 1.29 is 17.7 Å². The van der Waals surface area contributed by atoms with Gasteiger partial charge in [-0.1, -0.05) is 6.07 Å². The van der Waals surface area contributed by atoms with E-state index in [1.54, 1.807) is 6.20 Å². The second-order valence-corrected chi connectivity index (χ2v) is 6.94. The largest absolute Gasteiger partial charge is 0.373 e. The van der Waals surface area contributed by atoms with Crippen molar-refractivity contribution in [2.45, 2.75) is 25.4 Å². The van der Waals surface area contributed by atoms with E-state index in [1.165, 1.54) is 5.56 Å². The van der Waals surface area contributed by atoms with Crippen LogP contribution in [0.4, 0.5) is 0 Å². The van der Waals surface area contributed by atoms with Gasteiger partial charge in [0.25, 0.3) is 10.1 Å². The lowest BCUT2D eigenvalue weighted by Gasteiger charge is -2.26. The summed E-state index contributed by atoms with van der Waals surface area (Å²) in [6.07, 6.45) is 5.31. The van der Waals surface area contributed by atoms with E-state index >= 15 is 0 Å². The molecule has 1 aliphatic heterocycles. The van der Waals surface area contributed by atoms with Gasteiger partial charge in [0.05, 0.1) is 24.2 Å². The minimum atomic E-state index is -3.91. The zero-order chi connectivity index (χ0) is 15.6. The SMILES string of the molecule is O=S(=O)(O)CCC[C@@H]1OCCc2cc(-n3cccn3)ccc21. The zero-order valence-electron chi connectivity index (χ0n) is 12.1. The van der Waals surface area contributed by atoms with Crippen LogP contribution < -0.4 is 0 Å². The molecule has 1 aromatic carbocycles. The van der Waals surface area contributed by atoms with Crippen molar-refractivity contribution in [1.82, 2.24) is 9.78 Å². The molecule has 1 N–H and O–H groups in total. The van der Waals surface area contributed by atoms with Gasteiger partial charge < -0.3 is 4.74 Å². The van der Waals surface area contributed by atoms with Crippen molar-refractivity contribution in [2.24, 2.45) is 0 Å². The van der Waals surface area contributed by atoms with Gasteiger partial charge in [-0.3, -0.25) is 4.55 Å². The van der Waals surface area contributed by atoms with Crippen LogP contribution in [0.2, 0.25) is 0 Å². The van der Waals surface area contributed by atoms with Crippen LogP contribution in [0.1, 0.15) is 30.1 Å². The molecular formula is C15H18N2O4S. The van der Waals surface area contributed by atoms with E-state index in [2.05, 4.69) is 11.2 Å². The average molecular weight is 322 g/mol. The third-order valence-corrected chi connectivity index (χ3v) is 4.61. The van der Waals surface area contributed by atoms with Gasteiger partial charge in [0.15, 0.2) is 0 Å². The van der Waals surface area contributed by atoms with Crippen LogP contribution in [0.15, 0.2) is 36.7 Å². The summed E-state index contributed by atoms with van der Waals surface area (Å²) in [6, 6.07) is 7.97. The molecule has 0 unspecified atom stereocenters. The summed E-state index contributed by atoms with van der Waals surface area (Å²) in [6.45, 7) is 0.617. The van der Waals surface area contributed by atoms with Gasteiger partial charge in [0.2, 0.25) is 0 Å². The lowest BCUT2D eigenvalue weighted by atomic mass is 9.94. The first-order chi connectivity index (χ1) is 10.5. The lowest BCUT2D eigenvalue weighted by Crippen LogP contribution is -2.18. The molecule has 0 fully saturated rings. The lowest BCUT2D eigenvalue weighted by molar-refractivity contribution is 0.0362. The van der Waals surface area contributed by atoms with Crippen molar-refractivity contribution >= 4 is 10.1 Å². The topological polar surface area (TPSA) is 81.4 Å². The molecule has 118 valence electrons. The normalized spacial score (nSPS) is 18.1. The van der Waals surface area contributed by atoms with Crippen LogP contribution in [-0.2, 0) is 21.3 Å². The number of hydrogen-bond donors (Lipinski definition) is 1. The van der Waals surface area contributed by atoms with Crippen molar-refractivity contribution in [3.63, 3.8) is 0 Å². The van der Waals surface area contributed by atoms with Gasteiger partial charge in [-0.25, -0.2) is 4.68 Å². The highest BCUT2D eigenvalue weighted by Crippen LogP contribution is 2.32. The molecule has 3 rings (SSSR count). The predicted octanol–water partition coefficient (Wildman–Crippen LogP) is 2.15. The highest BCUT2D eigenvalue weighted by Gasteiger charge is 2.21. The second-order valence-electron chi connectivity index (χ2n) is 5.37. The summed E-state index contributed by atoms with van der Waals surface area (Å²) in [7, 11) is -3.91. The molecule has 1 aromatic heterocycles. The molecule has 0 bridgehead atoms. The number of nitrogens with zero attached hydrogens (tertiary/aromatic N) is 2. The third-order valence-electron chi connectivity index (χ3n) is 3.80. The Balaban J connectivity index is 1.76. The van der Waals surface area contributed by atoms with Crippen LogP contribution in [0.5, 0.6) is 0 Å². The Kier molecular flexibility index (Phi) is 4.28. The van der Waals surface area contributed by atoms with Gasteiger partial charge >= 0.3 is 0 Å². The summed E-state index contributed by atoms with van der Waals surface area (Å²) < 4.78 is 38.0. The van der Waals surface area contributed by atoms with Crippen LogP contribution in [0.3, 0.4) is 0 Å². The van der Waals surface area contributed by atoms with E-state index in [9.17, 15) is 8.42 Å². The Labute approximate surface area is 129 Å². The molecule has 0 saturated carbocycles. The van der Waals surface area contributed by atoms with Gasteiger partial charge in [0, 0.05) is 12.4 Å². The maximum absolute atomic E-state index is 10.8. The van der Waals surface area contributed by atoms with Gasteiger partial charge in [0.1, 0.15) is 0 Å². The molecule has 2 aromatic rings. The fourth-order valence-electron chi connectivity index (χ4n) is 2.78. The van der Waals surface area contributed by atoms with Crippen LogP contribution in [-0.4, -0.2) is 35.1 Å². The average Bonchev–Trinajstić information content (AvgIpc) is 3.00. The van der Waals surface area contributed by atoms with Gasteiger partial charge in [-0.05, 0) is 48.6 Å². The molecule has 1 aliphatic rings. The van der Waals surface area contributed by atoms with E-state index in [0.29, 0.717) is 19.4 Å². The van der Waals surface area contributed by atoms with Gasteiger partial charge in [-0.2, -0.15) is 13.5 Å². The molecule has 0 spiro atoms. The number of ether oxygens (including phenoxy) is 1. The smallest absolute Gasteiger partial charge is 0.264 e. The first kappa shape index (κ1) is 15.2. The maximum atomic E-state index is 10.8. The number of hydrogen-bond acceptors (Lipinski definition) is 4. The molecule has 7 heteroatoms. The Morgan fingerprint density at radius 1 is 1.41 bits per heavy atom. The Morgan fingerprint density at radius 2 is 2.27 bits per heavy atom. The maximum Gasteiger partial charge on any atom is 0.264 e. The number of benzene rings is 1. The number of fused-ring (bicyclic) bond motifs is 1. The predicted molar refractivity (Wildman–Crippen MR) is 81.6 cm³/mol. The Bertz CT molecular complexity index is 741. The first-order valence-corrected chi connectivity index (χ1v) is 8.83. The van der Waals surface area contributed by atoms with Crippen molar-refractivity contribution in [2.75, 3.05) is 12.4 Å². The summed E-state index contributed by atoms with van der Waals surface area (Å²) in [5, 5.41) is 4.22. The molecular weight excluding hydrogens is 304 g/mol. The van der Waals surface area contributed by atoms with Crippen molar-refractivity contribution in [3.05, 3.63) is 47.8 Å². The van der Waals surface area contributed by atoms with Crippen LogP contribution in [0, 0.1) is 0 Å². The third kappa shape index (κ3) is 3.55. The minimum Gasteiger partial charge on any atom is -0.373 e. The minimum absolute atomic E-state index is 0.114. The van der Waals surface area contributed by atoms with Crippen LogP contribution in [0.25, 0.3) is 5.69 Å². The van der Waals surface area contributed by atoms with Crippen molar-refractivity contribution in [3.8, 4) is 5.69 Å².